The van der Waals surface area contributed by atoms with E-state index in [0.717, 1.165) is 49.8 Å². The third kappa shape index (κ3) is 5.85. The number of guanidine groups is 1. The minimum absolute atomic E-state index is 0.828. The lowest BCUT2D eigenvalue weighted by Crippen LogP contribution is -2.39. The van der Waals surface area contributed by atoms with Crippen molar-refractivity contribution < 1.29 is 4.74 Å². The standard InChI is InChI=1S/C18H26N4OS/c1-4-17-22-15(13-24-17)10-12-21-18(19-2)20-11-9-14-5-7-16(23-3)8-6-14/h5-8,13H,4,9-12H2,1-3H3,(H2,19,20,21). The molecule has 0 fully saturated rings. The summed E-state index contributed by atoms with van der Waals surface area (Å²) in [5.74, 6) is 1.71. The average Bonchev–Trinajstić information content (AvgIpc) is 3.09. The Morgan fingerprint density at radius 2 is 1.88 bits per heavy atom. The molecule has 0 amide bonds. The highest BCUT2D eigenvalue weighted by molar-refractivity contribution is 7.09. The van der Waals surface area contributed by atoms with Crippen LogP contribution in [0.5, 0.6) is 5.75 Å². The summed E-state index contributed by atoms with van der Waals surface area (Å²) in [5, 5.41) is 10.0. The zero-order valence-corrected chi connectivity index (χ0v) is 15.4. The van der Waals surface area contributed by atoms with Crippen molar-refractivity contribution in [1.29, 1.82) is 0 Å². The maximum absolute atomic E-state index is 5.17. The molecule has 0 saturated carbocycles. The van der Waals surface area contributed by atoms with Gasteiger partial charge in [0.05, 0.1) is 17.8 Å². The minimum Gasteiger partial charge on any atom is -0.497 e. The fourth-order valence-electron chi connectivity index (χ4n) is 2.27. The van der Waals surface area contributed by atoms with Crippen molar-refractivity contribution in [2.45, 2.75) is 26.2 Å². The van der Waals surface area contributed by atoms with Gasteiger partial charge in [-0.05, 0) is 30.5 Å². The van der Waals surface area contributed by atoms with Crippen LogP contribution in [0.25, 0.3) is 0 Å². The molecule has 0 spiro atoms. The summed E-state index contributed by atoms with van der Waals surface area (Å²) < 4.78 is 5.17. The fourth-order valence-corrected chi connectivity index (χ4v) is 3.05. The zero-order valence-electron chi connectivity index (χ0n) is 14.6. The van der Waals surface area contributed by atoms with E-state index in [2.05, 4.69) is 45.0 Å². The molecule has 0 unspecified atom stereocenters. The van der Waals surface area contributed by atoms with Gasteiger partial charge in [0.25, 0.3) is 0 Å². The molecule has 6 heteroatoms. The normalized spacial score (nSPS) is 11.4. The molecule has 2 N–H and O–H groups in total. The summed E-state index contributed by atoms with van der Waals surface area (Å²) in [5.41, 5.74) is 2.42. The van der Waals surface area contributed by atoms with Crippen molar-refractivity contribution in [2.24, 2.45) is 4.99 Å². The van der Waals surface area contributed by atoms with Crippen LogP contribution in [-0.2, 0) is 19.3 Å². The number of methoxy groups -OCH3 is 1. The van der Waals surface area contributed by atoms with Crippen molar-refractivity contribution in [3.63, 3.8) is 0 Å². The number of aryl methyl sites for hydroxylation is 1. The predicted molar refractivity (Wildman–Crippen MR) is 101 cm³/mol. The smallest absolute Gasteiger partial charge is 0.190 e. The van der Waals surface area contributed by atoms with Crippen molar-refractivity contribution in [2.75, 3.05) is 27.2 Å². The molecule has 5 nitrogen and oxygen atoms in total. The number of thiazole rings is 1. The molecule has 0 radical (unpaired) electrons. The van der Waals surface area contributed by atoms with Crippen LogP contribution in [0, 0.1) is 0 Å². The third-order valence-corrected chi connectivity index (χ3v) is 4.71. The summed E-state index contributed by atoms with van der Waals surface area (Å²) >= 11 is 1.73. The van der Waals surface area contributed by atoms with E-state index in [1.165, 1.54) is 10.6 Å². The van der Waals surface area contributed by atoms with Crippen molar-refractivity contribution in [1.82, 2.24) is 15.6 Å². The average molecular weight is 347 g/mol. The first kappa shape index (κ1) is 18.3. The van der Waals surface area contributed by atoms with Crippen molar-refractivity contribution in [3.8, 4) is 5.75 Å². The summed E-state index contributed by atoms with van der Waals surface area (Å²) in [7, 11) is 3.47. The topological polar surface area (TPSA) is 58.5 Å². The molecule has 130 valence electrons. The van der Waals surface area contributed by atoms with E-state index in [1.54, 1.807) is 25.5 Å². The van der Waals surface area contributed by atoms with Gasteiger partial charge in [0.2, 0.25) is 0 Å². The van der Waals surface area contributed by atoms with E-state index in [-0.39, 0.29) is 0 Å². The third-order valence-electron chi connectivity index (χ3n) is 3.66. The quantitative estimate of drug-likeness (QED) is 0.570. The highest BCUT2D eigenvalue weighted by Crippen LogP contribution is 2.11. The lowest BCUT2D eigenvalue weighted by atomic mass is 10.1. The van der Waals surface area contributed by atoms with Crippen LogP contribution >= 0.6 is 11.3 Å². The van der Waals surface area contributed by atoms with Gasteiger partial charge < -0.3 is 15.4 Å². The first-order chi connectivity index (χ1) is 11.7. The molecule has 0 aliphatic heterocycles. The van der Waals surface area contributed by atoms with Crippen LogP contribution in [0.3, 0.4) is 0 Å². The van der Waals surface area contributed by atoms with E-state index in [9.17, 15) is 0 Å². The van der Waals surface area contributed by atoms with Crippen molar-refractivity contribution >= 4 is 17.3 Å². The summed E-state index contributed by atoms with van der Waals surface area (Å²) in [6, 6.07) is 8.15. The number of aliphatic imine (C=N–C) groups is 1. The van der Waals surface area contributed by atoms with E-state index < -0.39 is 0 Å². The molecule has 2 rings (SSSR count). The number of hydrogen-bond donors (Lipinski definition) is 2. The van der Waals surface area contributed by atoms with Crippen LogP contribution < -0.4 is 15.4 Å². The number of nitrogens with one attached hydrogen (secondary N) is 2. The number of hydrogen-bond acceptors (Lipinski definition) is 4. The second-order valence-electron chi connectivity index (χ2n) is 5.36. The second-order valence-corrected chi connectivity index (χ2v) is 6.30. The van der Waals surface area contributed by atoms with Crippen LogP contribution in [0.2, 0.25) is 0 Å². The molecule has 1 aromatic heterocycles. The Bertz CT molecular complexity index is 637. The van der Waals surface area contributed by atoms with E-state index >= 15 is 0 Å². The maximum Gasteiger partial charge on any atom is 0.190 e. The molecule has 1 aromatic carbocycles. The summed E-state index contributed by atoms with van der Waals surface area (Å²) in [4.78, 5) is 8.83. The molecule has 24 heavy (non-hydrogen) atoms. The molecule has 2 aromatic rings. The highest BCUT2D eigenvalue weighted by atomic mass is 32.1. The first-order valence-corrected chi connectivity index (χ1v) is 9.13. The van der Waals surface area contributed by atoms with Crippen molar-refractivity contribution in [3.05, 3.63) is 45.9 Å². The van der Waals surface area contributed by atoms with Gasteiger partial charge >= 0.3 is 0 Å². The van der Waals surface area contributed by atoms with Crippen LogP contribution in [0.15, 0.2) is 34.6 Å². The van der Waals surface area contributed by atoms with E-state index in [1.807, 2.05) is 12.1 Å². The summed E-state index contributed by atoms with van der Waals surface area (Å²) in [6.07, 6.45) is 2.86. The maximum atomic E-state index is 5.17. The monoisotopic (exact) mass is 346 g/mol. The second kappa shape index (κ2) is 9.93. The van der Waals surface area contributed by atoms with Gasteiger partial charge in [-0.3, -0.25) is 4.99 Å². The molecule has 0 aliphatic rings. The minimum atomic E-state index is 0.828. The Hall–Kier alpha value is -2.08. The fraction of sp³-hybridized carbons (Fsp3) is 0.444. The largest absolute Gasteiger partial charge is 0.497 e. The number of nitrogens with zero attached hydrogens (tertiary/aromatic N) is 2. The Morgan fingerprint density at radius 3 is 2.46 bits per heavy atom. The Balaban J connectivity index is 1.68. The number of aromatic nitrogens is 1. The highest BCUT2D eigenvalue weighted by Gasteiger charge is 2.02. The van der Waals surface area contributed by atoms with Crippen LogP contribution in [0.1, 0.15) is 23.2 Å². The van der Waals surface area contributed by atoms with Gasteiger partial charge in [-0.2, -0.15) is 0 Å². The van der Waals surface area contributed by atoms with Gasteiger partial charge in [0.15, 0.2) is 5.96 Å². The molecule has 0 atom stereocenters. The van der Waals surface area contributed by atoms with E-state index in [0.29, 0.717) is 0 Å². The molecule has 0 aliphatic carbocycles. The predicted octanol–water partition coefficient (Wildman–Crippen LogP) is 2.66. The SMILES string of the molecule is CCc1nc(CCNC(=NC)NCCc2ccc(OC)cc2)cs1. The van der Waals surface area contributed by atoms with Gasteiger partial charge in [-0.1, -0.05) is 19.1 Å². The Kier molecular flexibility index (Phi) is 7.55. The number of ether oxygens (including phenoxy) is 1. The number of benzene rings is 1. The van der Waals surface area contributed by atoms with E-state index in [4.69, 9.17) is 4.74 Å². The van der Waals surface area contributed by atoms with Gasteiger partial charge in [-0.25, -0.2) is 4.98 Å². The van der Waals surface area contributed by atoms with Gasteiger partial charge in [0, 0.05) is 31.9 Å². The molecule has 0 bridgehead atoms. The molecular formula is C18H26N4OS. The lowest BCUT2D eigenvalue weighted by Gasteiger charge is -2.11. The van der Waals surface area contributed by atoms with Gasteiger partial charge in [0.1, 0.15) is 5.75 Å². The molecule has 0 saturated heterocycles. The Labute approximate surface area is 148 Å². The van der Waals surface area contributed by atoms with Crippen LogP contribution in [0.4, 0.5) is 0 Å². The zero-order chi connectivity index (χ0) is 17.2. The van der Waals surface area contributed by atoms with Gasteiger partial charge in [-0.15, -0.1) is 11.3 Å². The van der Waals surface area contributed by atoms with Crippen LogP contribution in [-0.4, -0.2) is 38.2 Å². The molecular weight excluding hydrogens is 320 g/mol. The molecule has 1 heterocycles. The lowest BCUT2D eigenvalue weighted by molar-refractivity contribution is 0.414. The summed E-state index contributed by atoms with van der Waals surface area (Å²) in [6.45, 7) is 3.80. The Morgan fingerprint density at radius 1 is 1.17 bits per heavy atom. The number of rotatable bonds is 8. The first-order valence-electron chi connectivity index (χ1n) is 8.26.